The van der Waals surface area contributed by atoms with Crippen molar-refractivity contribution in [3.05, 3.63) is 34.7 Å². The van der Waals surface area contributed by atoms with E-state index < -0.39 is 18.7 Å². The summed E-state index contributed by atoms with van der Waals surface area (Å²) in [6, 6.07) is 8.17. The van der Waals surface area contributed by atoms with Crippen LogP contribution in [0.25, 0.3) is 21.5 Å². The quantitative estimate of drug-likeness (QED) is 0.616. The molecule has 2 N–H and O–H groups in total. The third-order valence-electron chi connectivity index (χ3n) is 3.55. The third kappa shape index (κ3) is 4.28. The maximum Gasteiger partial charge on any atom is 0.408 e. The molecule has 0 bridgehead atoms. The van der Waals surface area contributed by atoms with Crippen LogP contribution in [0.5, 0.6) is 0 Å². The number of halogens is 4. The summed E-state index contributed by atoms with van der Waals surface area (Å²) in [5.41, 5.74) is 1.35. The van der Waals surface area contributed by atoms with Gasteiger partial charge in [-0.1, -0.05) is 11.6 Å². The molecule has 0 radical (unpaired) electrons. The molecule has 0 atom stereocenters. The second-order valence-electron chi connectivity index (χ2n) is 5.53. The zero-order chi connectivity index (χ0) is 18.9. The summed E-state index contributed by atoms with van der Waals surface area (Å²) in [7, 11) is 0. The van der Waals surface area contributed by atoms with Crippen LogP contribution in [0.1, 0.15) is 6.42 Å². The van der Waals surface area contributed by atoms with Crippen molar-refractivity contribution in [2.75, 3.05) is 11.9 Å². The molecule has 0 saturated carbocycles. The van der Waals surface area contributed by atoms with E-state index in [9.17, 15) is 18.0 Å². The van der Waals surface area contributed by atoms with Crippen LogP contribution >= 0.6 is 22.9 Å². The van der Waals surface area contributed by atoms with Crippen LogP contribution in [0.15, 0.2) is 30.3 Å². The molecule has 3 aromatic rings. The summed E-state index contributed by atoms with van der Waals surface area (Å²) in [5.74, 6) is -0.939. The number of nitrogens with zero attached hydrogens (tertiary/aromatic N) is 2. The van der Waals surface area contributed by atoms with Gasteiger partial charge in [0.1, 0.15) is 12.2 Å². The number of aliphatic carboxylic acids is 1. The number of hydrogen-bond donors (Lipinski definition) is 2. The molecule has 0 amide bonds. The minimum absolute atomic E-state index is 0.0707. The highest BCUT2D eigenvalue weighted by Gasteiger charge is 2.30. The Morgan fingerprint density at radius 2 is 2.08 bits per heavy atom. The molecule has 0 unspecified atom stereocenters. The smallest absolute Gasteiger partial charge is 0.408 e. The van der Waals surface area contributed by atoms with Crippen LogP contribution in [0.3, 0.4) is 0 Å². The second kappa shape index (κ2) is 7.16. The number of carboxylic acid groups (broad SMARTS) is 1. The second-order valence-corrected chi connectivity index (χ2v) is 7.24. The van der Waals surface area contributed by atoms with Crippen molar-refractivity contribution < 1.29 is 23.1 Å². The van der Waals surface area contributed by atoms with Crippen LogP contribution in [-0.4, -0.2) is 33.6 Å². The first-order chi connectivity index (χ1) is 12.2. The lowest BCUT2D eigenvalue weighted by molar-refractivity contribution is -0.142. The van der Waals surface area contributed by atoms with Gasteiger partial charge in [0, 0.05) is 17.6 Å². The first-order valence-corrected chi connectivity index (χ1v) is 8.71. The average Bonchev–Trinajstić information content (AvgIpc) is 3.09. The summed E-state index contributed by atoms with van der Waals surface area (Å²) in [4.78, 5) is 11.3. The molecule has 138 valence electrons. The molecule has 0 aliphatic heterocycles. The SMILES string of the molecule is O=C(O)CCNc1ccc2c(c1)c(-c1ccc(Cl)s1)nn2CC(F)(F)F. The zero-order valence-corrected chi connectivity index (χ0v) is 14.8. The van der Waals surface area contributed by atoms with Crippen molar-refractivity contribution in [3.63, 3.8) is 0 Å². The van der Waals surface area contributed by atoms with Gasteiger partial charge < -0.3 is 10.4 Å². The molecule has 0 fully saturated rings. The number of fused-ring (bicyclic) bond motifs is 1. The van der Waals surface area contributed by atoms with Crippen molar-refractivity contribution >= 4 is 45.5 Å². The van der Waals surface area contributed by atoms with Gasteiger partial charge in [-0.25, -0.2) is 0 Å². The van der Waals surface area contributed by atoms with Crippen LogP contribution in [0.4, 0.5) is 18.9 Å². The highest BCUT2D eigenvalue weighted by atomic mass is 35.5. The topological polar surface area (TPSA) is 67.2 Å². The normalized spacial score (nSPS) is 11.8. The average molecular weight is 404 g/mol. The Kier molecular flexibility index (Phi) is 5.10. The molecule has 26 heavy (non-hydrogen) atoms. The fourth-order valence-corrected chi connectivity index (χ4v) is 3.56. The van der Waals surface area contributed by atoms with Crippen molar-refractivity contribution in [3.8, 4) is 10.6 Å². The summed E-state index contributed by atoms with van der Waals surface area (Å²) in [5, 5.41) is 16.3. The maximum atomic E-state index is 12.9. The van der Waals surface area contributed by atoms with E-state index in [1.165, 1.54) is 17.4 Å². The predicted octanol–water partition coefficient (Wildman–Crippen LogP) is 4.87. The fraction of sp³-hybridized carbons (Fsp3) is 0.250. The Hall–Kier alpha value is -2.26. The van der Waals surface area contributed by atoms with Crippen molar-refractivity contribution in [2.24, 2.45) is 0 Å². The lowest BCUT2D eigenvalue weighted by Gasteiger charge is -2.08. The van der Waals surface area contributed by atoms with Gasteiger partial charge in [0.05, 0.1) is 21.2 Å². The Morgan fingerprint density at radius 1 is 1.31 bits per heavy atom. The lowest BCUT2D eigenvalue weighted by Crippen LogP contribution is -2.18. The first-order valence-electron chi connectivity index (χ1n) is 7.51. The van der Waals surface area contributed by atoms with Gasteiger partial charge in [-0.05, 0) is 30.3 Å². The zero-order valence-electron chi connectivity index (χ0n) is 13.2. The lowest BCUT2D eigenvalue weighted by atomic mass is 10.1. The molecule has 0 saturated heterocycles. The number of thiophene rings is 1. The molecule has 0 aliphatic rings. The van der Waals surface area contributed by atoms with E-state index >= 15 is 0 Å². The van der Waals surface area contributed by atoms with Crippen molar-refractivity contribution in [1.82, 2.24) is 9.78 Å². The molecular weight excluding hydrogens is 391 g/mol. The van der Waals surface area contributed by atoms with E-state index in [-0.39, 0.29) is 13.0 Å². The van der Waals surface area contributed by atoms with Gasteiger partial charge in [-0.15, -0.1) is 11.3 Å². The number of benzene rings is 1. The van der Waals surface area contributed by atoms with Gasteiger partial charge >= 0.3 is 12.1 Å². The number of carboxylic acids is 1. The number of carbonyl (C=O) groups is 1. The minimum atomic E-state index is -4.40. The van der Waals surface area contributed by atoms with E-state index in [2.05, 4.69) is 10.4 Å². The number of anilines is 1. The van der Waals surface area contributed by atoms with Gasteiger partial charge in [0.15, 0.2) is 0 Å². The number of alkyl halides is 3. The Bertz CT molecular complexity index is 952. The monoisotopic (exact) mass is 403 g/mol. The summed E-state index contributed by atoms with van der Waals surface area (Å²) >= 11 is 7.17. The molecule has 0 spiro atoms. The summed E-state index contributed by atoms with van der Waals surface area (Å²) < 4.78 is 40.0. The minimum Gasteiger partial charge on any atom is -0.481 e. The number of aromatic nitrogens is 2. The molecule has 3 rings (SSSR count). The van der Waals surface area contributed by atoms with Gasteiger partial charge in [0.2, 0.25) is 0 Å². The van der Waals surface area contributed by atoms with E-state index in [1.54, 1.807) is 24.3 Å². The Labute approximate surface area is 155 Å². The number of rotatable bonds is 6. The number of hydrogen-bond acceptors (Lipinski definition) is 4. The molecule has 5 nitrogen and oxygen atoms in total. The molecule has 0 aliphatic carbocycles. The van der Waals surface area contributed by atoms with Crippen LogP contribution in [0, 0.1) is 0 Å². The van der Waals surface area contributed by atoms with E-state index in [1.807, 2.05) is 0 Å². The van der Waals surface area contributed by atoms with Gasteiger partial charge in [-0.2, -0.15) is 18.3 Å². The molecule has 2 heterocycles. The molecule has 10 heteroatoms. The molecular formula is C16H13ClF3N3O2S. The number of nitrogens with one attached hydrogen (secondary N) is 1. The highest BCUT2D eigenvalue weighted by Crippen LogP contribution is 2.36. The first kappa shape index (κ1) is 18.5. The van der Waals surface area contributed by atoms with Crippen LogP contribution < -0.4 is 5.32 Å². The summed E-state index contributed by atoms with van der Waals surface area (Å²) in [6.07, 6.45) is -4.47. The predicted molar refractivity (Wildman–Crippen MR) is 94.9 cm³/mol. The fourth-order valence-electron chi connectivity index (χ4n) is 2.52. The van der Waals surface area contributed by atoms with Gasteiger partial charge in [-0.3, -0.25) is 9.48 Å². The maximum absolute atomic E-state index is 12.9. The Balaban J connectivity index is 2.03. The van der Waals surface area contributed by atoms with E-state index in [0.29, 0.717) is 31.5 Å². The third-order valence-corrected chi connectivity index (χ3v) is 4.79. The molecule has 2 aromatic heterocycles. The van der Waals surface area contributed by atoms with Gasteiger partial charge in [0.25, 0.3) is 0 Å². The van der Waals surface area contributed by atoms with Crippen molar-refractivity contribution in [1.29, 1.82) is 0 Å². The summed E-state index contributed by atoms with van der Waals surface area (Å²) in [6.45, 7) is -0.994. The Morgan fingerprint density at radius 3 is 2.69 bits per heavy atom. The van der Waals surface area contributed by atoms with Crippen LogP contribution in [-0.2, 0) is 11.3 Å². The van der Waals surface area contributed by atoms with E-state index in [4.69, 9.17) is 16.7 Å². The largest absolute Gasteiger partial charge is 0.481 e. The standard InChI is InChI=1S/C16H13ClF3N3O2S/c17-13-4-3-12(26-13)15-10-7-9(21-6-5-14(24)25)1-2-11(10)23(22-15)8-16(18,19)20/h1-4,7,21H,5-6,8H2,(H,24,25). The van der Waals surface area contributed by atoms with E-state index in [0.717, 1.165) is 4.68 Å². The van der Waals surface area contributed by atoms with Crippen molar-refractivity contribution in [2.45, 2.75) is 19.1 Å². The molecule has 1 aromatic carbocycles. The highest BCUT2D eigenvalue weighted by molar-refractivity contribution is 7.19. The van der Waals surface area contributed by atoms with Crippen LogP contribution in [0.2, 0.25) is 4.34 Å².